The fourth-order valence-electron chi connectivity index (χ4n) is 3.06. The Labute approximate surface area is 173 Å². The van der Waals surface area contributed by atoms with Crippen molar-refractivity contribution in [2.45, 2.75) is 19.8 Å². The number of aryl methyl sites for hydroxylation is 1. The Bertz CT molecular complexity index is 1100. The number of benzene rings is 2. The summed E-state index contributed by atoms with van der Waals surface area (Å²) in [7, 11) is 0. The summed E-state index contributed by atoms with van der Waals surface area (Å²) >= 11 is 3.56. The fourth-order valence-corrected chi connectivity index (χ4v) is 3.30. The van der Waals surface area contributed by atoms with Crippen molar-refractivity contribution >= 4 is 21.5 Å². The van der Waals surface area contributed by atoms with Gasteiger partial charge in [0, 0.05) is 21.2 Å². The number of nitrogens with zero attached hydrogens (tertiary/aromatic N) is 3. The quantitative estimate of drug-likeness (QED) is 0.442. The summed E-state index contributed by atoms with van der Waals surface area (Å²) in [5, 5.41) is 0. The Morgan fingerprint density at radius 1 is 0.857 bits per heavy atom. The number of halogens is 1. The third-order valence-corrected chi connectivity index (χ3v) is 5.55. The molecule has 0 spiro atoms. The van der Waals surface area contributed by atoms with E-state index in [9.17, 15) is 0 Å². The smallest absolute Gasteiger partial charge is 0.164 e. The lowest BCUT2D eigenvalue weighted by atomic mass is 10.1. The average Bonchev–Trinajstić information content (AvgIpc) is 2.95. The number of allylic oxidation sites excluding steroid dienone is 5. The summed E-state index contributed by atoms with van der Waals surface area (Å²) in [5.41, 5.74) is 5.29. The van der Waals surface area contributed by atoms with Crippen molar-refractivity contribution in [2.24, 2.45) is 0 Å². The molecule has 1 aromatic heterocycles. The van der Waals surface area contributed by atoms with Gasteiger partial charge < -0.3 is 0 Å². The first-order chi connectivity index (χ1) is 13.6. The molecule has 2 aromatic carbocycles. The van der Waals surface area contributed by atoms with E-state index in [0.29, 0.717) is 17.5 Å². The molecule has 3 aromatic rings. The first-order valence-electron chi connectivity index (χ1n) is 9.22. The van der Waals surface area contributed by atoms with Gasteiger partial charge in [0.25, 0.3) is 0 Å². The number of aromatic nitrogens is 3. The SMILES string of the molecule is C=C1CC=CC(c2nc(-c3ccccc3)nc(-c3ccc(Br)c(C)c3)n2)=CC1. The maximum atomic E-state index is 4.80. The first kappa shape index (κ1) is 18.5. The Morgan fingerprint density at radius 2 is 1.57 bits per heavy atom. The molecule has 0 unspecified atom stereocenters. The minimum atomic E-state index is 0.678. The van der Waals surface area contributed by atoms with E-state index in [1.807, 2.05) is 42.5 Å². The lowest BCUT2D eigenvalue weighted by Crippen LogP contribution is -2.02. The van der Waals surface area contributed by atoms with Crippen LogP contribution in [-0.4, -0.2) is 15.0 Å². The second-order valence-corrected chi connectivity index (χ2v) is 7.71. The van der Waals surface area contributed by atoms with Crippen molar-refractivity contribution in [3.8, 4) is 22.8 Å². The van der Waals surface area contributed by atoms with Gasteiger partial charge in [0.1, 0.15) is 0 Å². The molecule has 1 aliphatic carbocycles. The molecular weight excluding hydrogens is 410 g/mol. The van der Waals surface area contributed by atoms with Gasteiger partial charge in [-0.25, -0.2) is 15.0 Å². The molecule has 0 fully saturated rings. The zero-order valence-electron chi connectivity index (χ0n) is 15.7. The highest BCUT2D eigenvalue weighted by molar-refractivity contribution is 9.10. The highest BCUT2D eigenvalue weighted by Crippen LogP contribution is 2.27. The van der Waals surface area contributed by atoms with Gasteiger partial charge in [-0.1, -0.05) is 82.7 Å². The van der Waals surface area contributed by atoms with E-state index in [2.05, 4.69) is 53.7 Å². The first-order valence-corrected chi connectivity index (χ1v) is 10.0. The molecule has 0 amide bonds. The van der Waals surface area contributed by atoms with E-state index in [0.717, 1.165) is 39.6 Å². The summed E-state index contributed by atoms with van der Waals surface area (Å²) in [4.78, 5) is 14.4. The average molecular weight is 430 g/mol. The van der Waals surface area contributed by atoms with Crippen LogP contribution in [0.1, 0.15) is 24.2 Å². The molecule has 0 N–H and O–H groups in total. The van der Waals surface area contributed by atoms with Crippen LogP contribution in [0, 0.1) is 6.92 Å². The third-order valence-electron chi connectivity index (χ3n) is 4.66. The molecule has 4 heteroatoms. The van der Waals surface area contributed by atoms with Crippen molar-refractivity contribution in [1.29, 1.82) is 0 Å². The highest BCUT2D eigenvalue weighted by Gasteiger charge is 2.14. The molecule has 0 radical (unpaired) electrons. The minimum Gasteiger partial charge on any atom is -0.208 e. The van der Waals surface area contributed by atoms with Crippen molar-refractivity contribution < 1.29 is 0 Å². The van der Waals surface area contributed by atoms with Crippen LogP contribution in [0.15, 0.2) is 83.4 Å². The molecule has 28 heavy (non-hydrogen) atoms. The van der Waals surface area contributed by atoms with E-state index in [1.54, 1.807) is 0 Å². The van der Waals surface area contributed by atoms with Crippen LogP contribution in [0.3, 0.4) is 0 Å². The van der Waals surface area contributed by atoms with Gasteiger partial charge in [0.05, 0.1) is 0 Å². The molecule has 138 valence electrons. The van der Waals surface area contributed by atoms with Crippen molar-refractivity contribution in [1.82, 2.24) is 15.0 Å². The minimum absolute atomic E-state index is 0.678. The van der Waals surface area contributed by atoms with Crippen LogP contribution >= 0.6 is 15.9 Å². The van der Waals surface area contributed by atoms with Crippen LogP contribution < -0.4 is 0 Å². The molecule has 0 atom stereocenters. The van der Waals surface area contributed by atoms with Crippen molar-refractivity contribution in [3.05, 3.63) is 94.8 Å². The van der Waals surface area contributed by atoms with Crippen LogP contribution in [0.25, 0.3) is 28.3 Å². The normalized spacial score (nSPS) is 13.9. The summed E-state index contributed by atoms with van der Waals surface area (Å²) in [6.07, 6.45) is 8.07. The molecule has 0 saturated carbocycles. The Hall–Kier alpha value is -2.85. The Balaban J connectivity index is 1.88. The number of hydrogen-bond donors (Lipinski definition) is 0. The molecular formula is C24H20BrN3. The molecule has 1 heterocycles. The molecule has 3 nitrogen and oxygen atoms in total. The second kappa shape index (κ2) is 8.03. The second-order valence-electron chi connectivity index (χ2n) is 6.86. The molecule has 0 aliphatic heterocycles. The lowest BCUT2D eigenvalue weighted by Gasteiger charge is -2.09. The Kier molecular flexibility index (Phi) is 5.31. The zero-order valence-corrected chi connectivity index (χ0v) is 17.3. The largest absolute Gasteiger partial charge is 0.208 e. The third kappa shape index (κ3) is 4.02. The zero-order chi connectivity index (χ0) is 19.5. The van der Waals surface area contributed by atoms with Crippen LogP contribution in [0.5, 0.6) is 0 Å². The van der Waals surface area contributed by atoms with Crippen molar-refractivity contribution in [3.63, 3.8) is 0 Å². The summed E-state index contributed by atoms with van der Waals surface area (Å²) in [5.74, 6) is 2.05. The summed E-state index contributed by atoms with van der Waals surface area (Å²) in [6, 6.07) is 16.2. The van der Waals surface area contributed by atoms with Gasteiger partial charge in [0.15, 0.2) is 17.5 Å². The van der Waals surface area contributed by atoms with E-state index in [4.69, 9.17) is 15.0 Å². The number of rotatable bonds is 3. The van der Waals surface area contributed by atoms with Crippen LogP contribution in [-0.2, 0) is 0 Å². The van der Waals surface area contributed by atoms with Gasteiger partial charge in [-0.15, -0.1) is 0 Å². The van der Waals surface area contributed by atoms with E-state index in [-0.39, 0.29) is 0 Å². The summed E-state index contributed by atoms with van der Waals surface area (Å²) < 4.78 is 1.07. The Morgan fingerprint density at radius 3 is 2.32 bits per heavy atom. The summed E-state index contributed by atoms with van der Waals surface area (Å²) in [6.45, 7) is 6.16. The van der Waals surface area contributed by atoms with Crippen molar-refractivity contribution in [2.75, 3.05) is 0 Å². The molecule has 0 saturated heterocycles. The van der Waals surface area contributed by atoms with Gasteiger partial charge >= 0.3 is 0 Å². The maximum Gasteiger partial charge on any atom is 0.164 e. The van der Waals surface area contributed by atoms with E-state index in [1.165, 1.54) is 5.57 Å². The topological polar surface area (TPSA) is 38.7 Å². The maximum absolute atomic E-state index is 4.80. The predicted molar refractivity (Wildman–Crippen MR) is 119 cm³/mol. The highest BCUT2D eigenvalue weighted by atomic mass is 79.9. The molecule has 4 rings (SSSR count). The standard InChI is InChI=1S/C24H20BrN3/c1-16-7-6-10-19(12-11-16)23-26-22(18-8-4-3-5-9-18)27-24(28-23)20-13-14-21(25)17(2)15-20/h3-6,8-10,12-15H,1,7,11H2,2H3. The van der Waals surface area contributed by atoms with Gasteiger partial charge in [-0.2, -0.15) is 0 Å². The molecule has 1 aliphatic rings. The monoisotopic (exact) mass is 429 g/mol. The molecule has 0 bridgehead atoms. The predicted octanol–water partition coefficient (Wildman–Crippen LogP) is 6.57. The van der Waals surface area contributed by atoms with E-state index < -0.39 is 0 Å². The van der Waals surface area contributed by atoms with Gasteiger partial charge in [0.2, 0.25) is 0 Å². The van der Waals surface area contributed by atoms with Gasteiger partial charge in [-0.3, -0.25) is 0 Å². The van der Waals surface area contributed by atoms with Crippen LogP contribution in [0.2, 0.25) is 0 Å². The number of hydrogen-bond acceptors (Lipinski definition) is 3. The van der Waals surface area contributed by atoms with Crippen LogP contribution in [0.4, 0.5) is 0 Å². The fraction of sp³-hybridized carbons (Fsp3) is 0.125. The van der Waals surface area contributed by atoms with Gasteiger partial charge in [-0.05, 0) is 37.5 Å². The van der Waals surface area contributed by atoms with E-state index >= 15 is 0 Å². The lowest BCUT2D eigenvalue weighted by molar-refractivity contribution is 1.03.